The first-order valence-corrected chi connectivity index (χ1v) is 9.53. The van der Waals surface area contributed by atoms with E-state index in [9.17, 15) is 9.18 Å². The molecule has 26 heavy (non-hydrogen) atoms. The van der Waals surface area contributed by atoms with Gasteiger partial charge >= 0.3 is 0 Å². The van der Waals surface area contributed by atoms with Gasteiger partial charge in [0.25, 0.3) is 0 Å². The van der Waals surface area contributed by atoms with Crippen LogP contribution >= 0.6 is 11.3 Å². The van der Waals surface area contributed by atoms with Crippen LogP contribution in [0.1, 0.15) is 18.4 Å². The molecule has 1 atom stereocenters. The number of aromatic nitrogens is 1. The van der Waals surface area contributed by atoms with Gasteiger partial charge in [-0.2, -0.15) is 0 Å². The first kappa shape index (κ1) is 17.1. The van der Waals surface area contributed by atoms with Crippen molar-refractivity contribution in [3.63, 3.8) is 0 Å². The molecule has 134 valence electrons. The number of hydrogen-bond acceptors (Lipinski definition) is 4. The van der Waals surface area contributed by atoms with Crippen LogP contribution in [0.25, 0.3) is 10.2 Å². The second kappa shape index (κ2) is 7.51. The third-order valence-corrected chi connectivity index (χ3v) is 5.58. The number of rotatable bonds is 5. The second-order valence-electron chi connectivity index (χ2n) is 6.37. The van der Waals surface area contributed by atoms with E-state index < -0.39 is 0 Å². The minimum Gasteiger partial charge on any atom is -0.376 e. The van der Waals surface area contributed by atoms with Crippen molar-refractivity contribution in [1.82, 2.24) is 4.98 Å². The molecule has 1 unspecified atom stereocenters. The lowest BCUT2D eigenvalue weighted by Gasteiger charge is -2.23. The molecule has 0 spiro atoms. The Morgan fingerprint density at radius 2 is 2.04 bits per heavy atom. The molecule has 1 amide bonds. The third-order valence-electron chi connectivity index (χ3n) is 4.52. The van der Waals surface area contributed by atoms with Crippen LogP contribution in [-0.2, 0) is 16.0 Å². The van der Waals surface area contributed by atoms with Gasteiger partial charge in [0.15, 0.2) is 5.13 Å². The van der Waals surface area contributed by atoms with Gasteiger partial charge in [-0.15, -0.1) is 0 Å². The maximum atomic E-state index is 14.0. The number of carbonyl (C=O) groups is 1. The van der Waals surface area contributed by atoms with Crippen LogP contribution in [0.3, 0.4) is 0 Å². The molecule has 1 aromatic heterocycles. The van der Waals surface area contributed by atoms with Gasteiger partial charge in [0, 0.05) is 6.61 Å². The number of carbonyl (C=O) groups excluding carboxylic acids is 1. The van der Waals surface area contributed by atoms with Crippen molar-refractivity contribution in [2.75, 3.05) is 18.1 Å². The number of anilines is 1. The molecule has 4 rings (SSSR count). The lowest BCUT2D eigenvalue weighted by Crippen LogP contribution is -2.38. The number of amides is 1. The topological polar surface area (TPSA) is 42.4 Å². The highest BCUT2D eigenvalue weighted by molar-refractivity contribution is 7.22. The lowest BCUT2D eigenvalue weighted by molar-refractivity contribution is -0.118. The average molecular weight is 370 g/mol. The summed E-state index contributed by atoms with van der Waals surface area (Å²) in [5.74, 6) is -0.521. The van der Waals surface area contributed by atoms with Crippen molar-refractivity contribution in [3.8, 4) is 0 Å². The van der Waals surface area contributed by atoms with E-state index in [1.165, 1.54) is 17.4 Å². The van der Waals surface area contributed by atoms with Gasteiger partial charge in [0.05, 0.1) is 29.3 Å². The quantitative estimate of drug-likeness (QED) is 0.676. The highest BCUT2D eigenvalue weighted by atomic mass is 32.1. The molecule has 0 radical (unpaired) electrons. The lowest BCUT2D eigenvalue weighted by atomic mass is 10.1. The summed E-state index contributed by atoms with van der Waals surface area (Å²) in [5.41, 5.74) is 1.26. The van der Waals surface area contributed by atoms with Crippen molar-refractivity contribution < 1.29 is 13.9 Å². The fourth-order valence-corrected chi connectivity index (χ4v) is 4.15. The van der Waals surface area contributed by atoms with Crippen molar-refractivity contribution >= 4 is 32.6 Å². The molecule has 0 aliphatic carbocycles. The van der Waals surface area contributed by atoms with Crippen LogP contribution in [0.4, 0.5) is 9.52 Å². The van der Waals surface area contributed by atoms with Gasteiger partial charge in [-0.25, -0.2) is 9.37 Å². The normalized spacial score (nSPS) is 16.9. The van der Waals surface area contributed by atoms with E-state index in [0.29, 0.717) is 17.2 Å². The van der Waals surface area contributed by atoms with Crippen molar-refractivity contribution in [2.45, 2.75) is 25.4 Å². The largest absolute Gasteiger partial charge is 0.376 e. The van der Waals surface area contributed by atoms with E-state index in [1.54, 1.807) is 23.1 Å². The molecule has 0 bridgehead atoms. The van der Waals surface area contributed by atoms with Crippen LogP contribution in [0.2, 0.25) is 0 Å². The third kappa shape index (κ3) is 3.61. The Morgan fingerprint density at radius 3 is 2.81 bits per heavy atom. The molecule has 6 heteroatoms. The Labute approximate surface area is 155 Å². The van der Waals surface area contributed by atoms with Crippen LogP contribution in [0, 0.1) is 5.82 Å². The second-order valence-corrected chi connectivity index (χ2v) is 7.38. The minimum atomic E-state index is -0.359. The Morgan fingerprint density at radius 1 is 1.23 bits per heavy atom. The average Bonchev–Trinajstić information content (AvgIpc) is 3.30. The predicted molar refractivity (Wildman–Crippen MR) is 101 cm³/mol. The summed E-state index contributed by atoms with van der Waals surface area (Å²) < 4.78 is 20.7. The first-order valence-electron chi connectivity index (χ1n) is 8.71. The van der Waals surface area contributed by atoms with Gasteiger partial charge < -0.3 is 4.74 Å². The van der Waals surface area contributed by atoms with E-state index in [-0.39, 0.29) is 24.2 Å². The number of para-hydroxylation sites is 1. The number of benzene rings is 2. The fraction of sp³-hybridized carbons (Fsp3) is 0.300. The van der Waals surface area contributed by atoms with Crippen LogP contribution in [0.15, 0.2) is 48.5 Å². The molecule has 2 aromatic carbocycles. The van der Waals surface area contributed by atoms with E-state index >= 15 is 0 Å². The smallest absolute Gasteiger partial charge is 0.233 e. The number of ether oxygens (including phenoxy) is 1. The highest BCUT2D eigenvalue weighted by Crippen LogP contribution is 2.30. The van der Waals surface area contributed by atoms with E-state index in [1.807, 2.05) is 24.3 Å². The van der Waals surface area contributed by atoms with Crippen molar-refractivity contribution in [3.05, 3.63) is 59.9 Å². The Hall–Kier alpha value is -2.31. The standard InChI is InChI=1S/C20H19FN2O2S/c21-16-8-2-1-6-14(16)12-19(24)23(13-15-7-5-11-25-15)20-22-17-9-3-4-10-18(17)26-20/h1-4,6,8-10,15H,5,7,11-13H2. The molecule has 1 fully saturated rings. The number of hydrogen-bond donors (Lipinski definition) is 0. The van der Waals surface area contributed by atoms with Gasteiger partial charge in [0.2, 0.25) is 5.91 Å². The predicted octanol–water partition coefficient (Wildman–Crippen LogP) is 4.19. The van der Waals surface area contributed by atoms with E-state index in [4.69, 9.17) is 4.74 Å². The summed E-state index contributed by atoms with van der Waals surface area (Å²) in [6.07, 6.45) is 1.94. The number of nitrogens with zero attached hydrogens (tertiary/aromatic N) is 2. The van der Waals surface area contributed by atoms with E-state index in [0.717, 1.165) is 29.7 Å². The molecular formula is C20H19FN2O2S. The highest BCUT2D eigenvalue weighted by Gasteiger charge is 2.26. The van der Waals surface area contributed by atoms with Crippen LogP contribution < -0.4 is 4.90 Å². The number of thiazole rings is 1. The molecule has 0 saturated carbocycles. The van der Waals surface area contributed by atoms with Crippen LogP contribution in [0.5, 0.6) is 0 Å². The molecule has 1 aliphatic heterocycles. The zero-order valence-electron chi connectivity index (χ0n) is 14.2. The zero-order chi connectivity index (χ0) is 17.9. The van der Waals surface area contributed by atoms with Gasteiger partial charge in [-0.3, -0.25) is 9.69 Å². The van der Waals surface area contributed by atoms with Crippen molar-refractivity contribution in [2.24, 2.45) is 0 Å². The first-order chi connectivity index (χ1) is 12.7. The monoisotopic (exact) mass is 370 g/mol. The molecule has 1 aliphatic rings. The Kier molecular flexibility index (Phi) is 4.95. The maximum absolute atomic E-state index is 14.0. The van der Waals surface area contributed by atoms with Gasteiger partial charge in [0.1, 0.15) is 5.82 Å². The van der Waals surface area contributed by atoms with Gasteiger partial charge in [-0.05, 0) is 36.6 Å². The molecule has 1 saturated heterocycles. The fourth-order valence-electron chi connectivity index (χ4n) is 3.15. The maximum Gasteiger partial charge on any atom is 0.233 e. The Balaban J connectivity index is 1.63. The number of fused-ring (bicyclic) bond motifs is 1. The molecule has 0 N–H and O–H groups in total. The minimum absolute atomic E-state index is 0.00609. The summed E-state index contributed by atoms with van der Waals surface area (Å²) >= 11 is 1.48. The Bertz CT molecular complexity index is 888. The van der Waals surface area contributed by atoms with Gasteiger partial charge in [-0.1, -0.05) is 41.7 Å². The molecule has 3 aromatic rings. The molecular weight excluding hydrogens is 351 g/mol. The molecule has 2 heterocycles. The van der Waals surface area contributed by atoms with E-state index in [2.05, 4.69) is 4.98 Å². The van der Waals surface area contributed by atoms with Crippen molar-refractivity contribution in [1.29, 1.82) is 0 Å². The SMILES string of the molecule is O=C(Cc1ccccc1F)N(CC1CCCO1)c1nc2ccccc2s1. The number of halogens is 1. The summed E-state index contributed by atoms with van der Waals surface area (Å²) in [5, 5.41) is 0.642. The zero-order valence-corrected chi connectivity index (χ0v) is 15.0. The summed E-state index contributed by atoms with van der Waals surface area (Å²) in [6, 6.07) is 14.2. The summed E-state index contributed by atoms with van der Waals surface area (Å²) in [7, 11) is 0. The molecule has 4 nitrogen and oxygen atoms in total. The van der Waals surface area contributed by atoms with Crippen LogP contribution in [-0.4, -0.2) is 30.1 Å². The summed E-state index contributed by atoms with van der Waals surface area (Å²) in [4.78, 5) is 19.3. The summed E-state index contributed by atoms with van der Waals surface area (Å²) in [6.45, 7) is 1.17.